The third-order valence-electron chi connectivity index (χ3n) is 2.68. The van der Waals surface area contributed by atoms with E-state index in [1.54, 1.807) is 12.2 Å². The maximum atomic E-state index is 13.0. The Hall–Kier alpha value is -2.63. The number of hydrogen-bond acceptors (Lipinski definition) is 5. The summed E-state index contributed by atoms with van der Waals surface area (Å²) in [5.74, 6) is -0.335. The molecule has 0 fully saturated rings. The molecule has 0 bridgehead atoms. The second-order valence-electron chi connectivity index (χ2n) is 4.32. The molecule has 104 valence electrons. The van der Waals surface area contributed by atoms with E-state index in [-0.39, 0.29) is 11.6 Å². The van der Waals surface area contributed by atoms with Crippen LogP contribution in [-0.2, 0) is 0 Å². The molecule has 6 heteroatoms. The summed E-state index contributed by atoms with van der Waals surface area (Å²) >= 11 is 0. The first-order valence-electron chi connectivity index (χ1n) is 5.91. The summed E-state index contributed by atoms with van der Waals surface area (Å²) in [6, 6.07) is 2.73. The summed E-state index contributed by atoms with van der Waals surface area (Å²) in [6.07, 6.45) is 4.87. The zero-order valence-electron chi connectivity index (χ0n) is 11.3. The lowest BCUT2D eigenvalue weighted by Gasteiger charge is -2.10. The normalized spacial score (nSPS) is 12.2. The highest BCUT2D eigenvalue weighted by Crippen LogP contribution is 2.20. The fourth-order valence-electron chi connectivity index (χ4n) is 1.45. The van der Waals surface area contributed by atoms with E-state index in [1.165, 1.54) is 18.3 Å². The van der Waals surface area contributed by atoms with Crippen molar-refractivity contribution in [2.75, 3.05) is 14.1 Å². The monoisotopic (exact) mass is 274 g/mol. The van der Waals surface area contributed by atoms with Gasteiger partial charge in [-0.2, -0.15) is 9.37 Å². The van der Waals surface area contributed by atoms with Crippen molar-refractivity contribution in [1.82, 2.24) is 14.9 Å². The Morgan fingerprint density at radius 3 is 2.75 bits per heavy atom. The average Bonchev–Trinajstić information content (AvgIpc) is 2.81. The number of nitrogens with zero attached hydrogens (tertiary/aromatic N) is 3. The summed E-state index contributed by atoms with van der Waals surface area (Å²) in [5, 5.41) is 0. The number of halogens is 1. The van der Waals surface area contributed by atoms with E-state index in [2.05, 4.69) is 16.5 Å². The maximum Gasteiger partial charge on any atom is 0.250 e. The fraction of sp³-hybridized carbons (Fsp3) is 0.143. The van der Waals surface area contributed by atoms with E-state index in [9.17, 15) is 4.39 Å². The second-order valence-corrected chi connectivity index (χ2v) is 4.32. The molecule has 0 saturated heterocycles. The number of aromatic nitrogens is 2. The minimum absolute atomic E-state index is 0.138. The van der Waals surface area contributed by atoms with Crippen LogP contribution in [0, 0.1) is 5.95 Å². The first-order valence-corrected chi connectivity index (χ1v) is 5.91. The number of nitrogens with two attached hydrogens (primary N) is 1. The van der Waals surface area contributed by atoms with Crippen molar-refractivity contribution in [2.45, 2.75) is 0 Å². The first-order chi connectivity index (χ1) is 9.51. The zero-order chi connectivity index (χ0) is 14.7. The van der Waals surface area contributed by atoms with Gasteiger partial charge in [0.05, 0.1) is 5.57 Å². The van der Waals surface area contributed by atoms with E-state index in [0.717, 1.165) is 5.70 Å². The van der Waals surface area contributed by atoms with Crippen molar-refractivity contribution in [1.29, 1.82) is 0 Å². The van der Waals surface area contributed by atoms with Gasteiger partial charge in [0.15, 0.2) is 0 Å². The number of fused-ring (bicyclic) bond motifs is 1. The molecule has 0 unspecified atom stereocenters. The molecule has 20 heavy (non-hydrogen) atoms. The Morgan fingerprint density at radius 1 is 1.35 bits per heavy atom. The molecule has 2 heterocycles. The molecule has 0 radical (unpaired) electrons. The number of pyridine rings is 1. The van der Waals surface area contributed by atoms with Gasteiger partial charge in [-0.1, -0.05) is 6.58 Å². The summed E-state index contributed by atoms with van der Waals surface area (Å²) in [4.78, 5) is 9.69. The third-order valence-corrected chi connectivity index (χ3v) is 2.68. The van der Waals surface area contributed by atoms with Crippen LogP contribution in [0.15, 0.2) is 47.2 Å². The highest BCUT2D eigenvalue weighted by Gasteiger charge is 2.10. The highest BCUT2D eigenvalue weighted by molar-refractivity contribution is 5.75. The molecule has 0 aliphatic carbocycles. The Bertz CT molecular complexity index is 700. The molecule has 2 rings (SSSR count). The van der Waals surface area contributed by atoms with Gasteiger partial charge in [0.2, 0.25) is 17.6 Å². The topological polar surface area (TPSA) is 68.2 Å². The predicted molar refractivity (Wildman–Crippen MR) is 75.9 cm³/mol. The lowest BCUT2D eigenvalue weighted by molar-refractivity contribution is 0.532. The number of oxazole rings is 1. The van der Waals surface area contributed by atoms with Crippen molar-refractivity contribution < 1.29 is 8.81 Å². The fourth-order valence-corrected chi connectivity index (χ4v) is 1.45. The largest absolute Gasteiger partial charge is 0.418 e. The van der Waals surface area contributed by atoms with Crippen LogP contribution in [0.25, 0.3) is 16.8 Å². The quantitative estimate of drug-likeness (QED) is 0.684. The molecule has 5 nitrogen and oxygen atoms in total. The van der Waals surface area contributed by atoms with Gasteiger partial charge >= 0.3 is 0 Å². The van der Waals surface area contributed by atoms with Gasteiger partial charge < -0.3 is 15.1 Å². The number of allylic oxidation sites excluding steroid dienone is 3. The van der Waals surface area contributed by atoms with E-state index >= 15 is 0 Å². The predicted octanol–water partition coefficient (Wildman–Crippen LogP) is 2.29. The SMILES string of the molecule is C=C(/C=C\C(=C/N)c1nc2ccc(F)nc2o1)N(C)C. The van der Waals surface area contributed by atoms with Crippen molar-refractivity contribution in [2.24, 2.45) is 5.73 Å². The minimum Gasteiger partial charge on any atom is -0.418 e. The van der Waals surface area contributed by atoms with Gasteiger partial charge in [0.1, 0.15) is 5.52 Å². The molecule has 2 aromatic heterocycles. The first kappa shape index (κ1) is 13.8. The lowest BCUT2D eigenvalue weighted by Crippen LogP contribution is -2.07. The van der Waals surface area contributed by atoms with Crippen molar-refractivity contribution in [3.8, 4) is 0 Å². The Morgan fingerprint density at radius 2 is 2.10 bits per heavy atom. The number of hydrogen-bond donors (Lipinski definition) is 1. The van der Waals surface area contributed by atoms with Gasteiger partial charge in [-0.25, -0.2) is 4.98 Å². The molecular formula is C14H15FN4O. The highest BCUT2D eigenvalue weighted by atomic mass is 19.1. The van der Waals surface area contributed by atoms with Crippen LogP contribution in [0.4, 0.5) is 4.39 Å². The third kappa shape index (κ3) is 2.85. The van der Waals surface area contributed by atoms with Gasteiger partial charge in [0.25, 0.3) is 0 Å². The van der Waals surface area contributed by atoms with Crippen LogP contribution in [0.3, 0.4) is 0 Å². The summed E-state index contributed by atoms with van der Waals surface area (Å²) in [5.41, 5.74) is 7.54. The van der Waals surface area contributed by atoms with Gasteiger partial charge in [-0.3, -0.25) is 0 Å². The average molecular weight is 274 g/mol. The van der Waals surface area contributed by atoms with Crippen LogP contribution < -0.4 is 5.73 Å². The van der Waals surface area contributed by atoms with Gasteiger partial charge in [0, 0.05) is 26.0 Å². The van der Waals surface area contributed by atoms with Crippen molar-refractivity contribution in [3.63, 3.8) is 0 Å². The molecular weight excluding hydrogens is 259 g/mol. The van der Waals surface area contributed by atoms with E-state index < -0.39 is 5.95 Å². The van der Waals surface area contributed by atoms with Crippen LogP contribution in [0.2, 0.25) is 0 Å². The Balaban J connectivity index is 2.33. The molecule has 0 aliphatic rings. The van der Waals surface area contributed by atoms with Gasteiger partial charge in [-0.15, -0.1) is 0 Å². The Labute approximate surface area is 115 Å². The van der Waals surface area contributed by atoms with Crippen LogP contribution in [0.1, 0.15) is 5.89 Å². The molecule has 0 saturated carbocycles. The van der Waals surface area contributed by atoms with Crippen molar-refractivity contribution >= 4 is 16.8 Å². The lowest BCUT2D eigenvalue weighted by atomic mass is 10.2. The van der Waals surface area contributed by atoms with Crippen LogP contribution in [-0.4, -0.2) is 29.0 Å². The molecule has 2 N–H and O–H groups in total. The molecule has 0 atom stereocenters. The zero-order valence-corrected chi connectivity index (χ0v) is 11.3. The maximum absolute atomic E-state index is 13.0. The van der Waals surface area contributed by atoms with Gasteiger partial charge in [-0.05, 0) is 24.3 Å². The summed E-state index contributed by atoms with van der Waals surface area (Å²) in [6.45, 7) is 3.87. The second kappa shape index (κ2) is 5.56. The van der Waals surface area contributed by atoms with Crippen molar-refractivity contribution in [3.05, 3.63) is 54.6 Å². The molecule has 0 aromatic carbocycles. The summed E-state index contributed by atoms with van der Waals surface area (Å²) < 4.78 is 18.4. The smallest absolute Gasteiger partial charge is 0.250 e. The van der Waals surface area contributed by atoms with E-state index in [1.807, 2.05) is 19.0 Å². The van der Waals surface area contributed by atoms with E-state index in [0.29, 0.717) is 11.1 Å². The molecule has 0 spiro atoms. The number of likely N-dealkylation sites (N-methyl/N-ethyl adjacent to an activating group) is 1. The van der Waals surface area contributed by atoms with E-state index in [4.69, 9.17) is 10.2 Å². The van der Waals surface area contributed by atoms with Crippen LogP contribution >= 0.6 is 0 Å². The molecule has 0 amide bonds. The molecule has 0 aliphatic heterocycles. The number of rotatable bonds is 4. The van der Waals surface area contributed by atoms with Crippen LogP contribution in [0.5, 0.6) is 0 Å². The minimum atomic E-state index is -0.616. The standard InChI is InChI=1S/C14H15FN4O/c1-9(19(2)3)4-5-10(8-16)13-17-11-6-7-12(15)18-14(11)20-13/h4-8H,1,16H2,2-3H3/b5-4-,10-8+. The molecule has 2 aromatic rings. The summed E-state index contributed by atoms with van der Waals surface area (Å²) in [7, 11) is 3.76. The Kier molecular flexibility index (Phi) is 3.84.